The Bertz CT molecular complexity index is 479. The number of guanidine groups is 1. The van der Waals surface area contributed by atoms with E-state index in [4.69, 9.17) is 5.73 Å². The summed E-state index contributed by atoms with van der Waals surface area (Å²) in [6, 6.07) is 8.64. The molecule has 0 atom stereocenters. The number of hydrogen-bond donors (Lipinski definition) is 2. The number of aliphatic imine (C=N–C) groups is 1. The van der Waals surface area contributed by atoms with Crippen LogP contribution in [-0.4, -0.2) is 19.0 Å². The molecule has 0 unspecified atom stereocenters. The molecule has 21 heavy (non-hydrogen) atoms. The van der Waals surface area contributed by atoms with E-state index >= 15 is 0 Å². The summed E-state index contributed by atoms with van der Waals surface area (Å²) in [5, 5.41) is 3.21. The van der Waals surface area contributed by atoms with Crippen molar-refractivity contribution in [3.63, 3.8) is 0 Å². The van der Waals surface area contributed by atoms with Crippen LogP contribution in [0.5, 0.6) is 0 Å². The van der Waals surface area contributed by atoms with Gasteiger partial charge in [0, 0.05) is 12.0 Å². The van der Waals surface area contributed by atoms with E-state index in [-0.39, 0.29) is 29.4 Å². The molecule has 1 aliphatic rings. The average molecular weight is 401 g/mol. The van der Waals surface area contributed by atoms with Gasteiger partial charge in [0.2, 0.25) is 0 Å². The summed E-state index contributed by atoms with van der Waals surface area (Å²) in [6.07, 6.45) is 3.57. The molecule has 3 N–H and O–H groups in total. The molecule has 1 aromatic carbocycles. The van der Waals surface area contributed by atoms with Gasteiger partial charge in [-0.2, -0.15) is 0 Å². The van der Waals surface area contributed by atoms with Crippen molar-refractivity contribution >= 4 is 29.9 Å². The molecule has 1 fully saturated rings. The largest absolute Gasteiger partial charge is 0.370 e. The molecular formula is C17H28IN3. The van der Waals surface area contributed by atoms with Crippen LogP contribution in [0.2, 0.25) is 0 Å². The maximum atomic E-state index is 5.95. The lowest BCUT2D eigenvalue weighted by Crippen LogP contribution is -2.33. The highest BCUT2D eigenvalue weighted by Crippen LogP contribution is 2.49. The maximum absolute atomic E-state index is 5.95. The third-order valence-electron chi connectivity index (χ3n) is 4.15. The summed E-state index contributed by atoms with van der Waals surface area (Å²) in [6.45, 7) is 8.32. The average Bonchev–Trinajstić information content (AvgIpc) is 3.17. The number of nitrogens with two attached hydrogens (primary N) is 1. The molecule has 0 aromatic heterocycles. The van der Waals surface area contributed by atoms with E-state index in [9.17, 15) is 0 Å². The second kappa shape index (κ2) is 8.01. The maximum Gasteiger partial charge on any atom is 0.188 e. The van der Waals surface area contributed by atoms with Crippen LogP contribution < -0.4 is 11.1 Å². The van der Waals surface area contributed by atoms with Gasteiger partial charge in [-0.3, -0.25) is 4.99 Å². The zero-order valence-corrected chi connectivity index (χ0v) is 15.7. The van der Waals surface area contributed by atoms with Crippen molar-refractivity contribution in [1.29, 1.82) is 0 Å². The van der Waals surface area contributed by atoms with E-state index < -0.39 is 0 Å². The topological polar surface area (TPSA) is 50.4 Å². The van der Waals surface area contributed by atoms with Crippen LogP contribution in [0.4, 0.5) is 0 Å². The fourth-order valence-corrected chi connectivity index (χ4v) is 2.61. The molecule has 3 nitrogen and oxygen atoms in total. The molecule has 1 aromatic rings. The lowest BCUT2D eigenvalue weighted by atomic mass is 9.92. The zero-order chi connectivity index (χ0) is 14.6. The Balaban J connectivity index is 0.00000220. The summed E-state index contributed by atoms with van der Waals surface area (Å²) in [5.41, 5.74) is 9.01. The molecule has 118 valence electrons. The van der Waals surface area contributed by atoms with Crippen LogP contribution in [0.3, 0.4) is 0 Å². The Kier molecular flexibility index (Phi) is 6.97. The summed E-state index contributed by atoms with van der Waals surface area (Å²) in [4.78, 5) is 4.56. The Hall–Kier alpha value is -0.780. The molecule has 0 saturated heterocycles. The Morgan fingerprint density at radius 1 is 1.33 bits per heavy atom. The molecule has 4 heteroatoms. The van der Waals surface area contributed by atoms with Gasteiger partial charge >= 0.3 is 0 Å². The lowest BCUT2D eigenvalue weighted by Gasteiger charge is -2.16. The van der Waals surface area contributed by atoms with Gasteiger partial charge in [-0.05, 0) is 43.2 Å². The van der Waals surface area contributed by atoms with Gasteiger partial charge in [0.1, 0.15) is 0 Å². The molecule has 2 rings (SSSR count). The molecule has 0 bridgehead atoms. The molecule has 0 heterocycles. The fraction of sp³-hybridized carbons (Fsp3) is 0.588. The normalized spacial score (nSPS) is 16.5. The van der Waals surface area contributed by atoms with E-state index in [1.165, 1.54) is 24.0 Å². The number of halogens is 1. The Labute approximate surface area is 145 Å². The van der Waals surface area contributed by atoms with Gasteiger partial charge in [-0.1, -0.05) is 38.1 Å². The summed E-state index contributed by atoms with van der Waals surface area (Å²) in [7, 11) is 0. The molecule has 1 saturated carbocycles. The summed E-state index contributed by atoms with van der Waals surface area (Å²) < 4.78 is 0. The van der Waals surface area contributed by atoms with Crippen LogP contribution >= 0.6 is 24.0 Å². The number of benzene rings is 1. The van der Waals surface area contributed by atoms with E-state index in [1.54, 1.807) is 0 Å². The molecule has 1 aliphatic carbocycles. The smallest absolute Gasteiger partial charge is 0.188 e. The molecule has 0 amide bonds. The zero-order valence-electron chi connectivity index (χ0n) is 13.4. The number of nitrogens with one attached hydrogen (secondary N) is 1. The van der Waals surface area contributed by atoms with E-state index in [0.717, 1.165) is 19.5 Å². The van der Waals surface area contributed by atoms with Crippen molar-refractivity contribution in [2.45, 2.75) is 45.4 Å². The van der Waals surface area contributed by atoms with Crippen molar-refractivity contribution in [3.8, 4) is 0 Å². The van der Waals surface area contributed by atoms with Crippen LogP contribution in [0.1, 0.15) is 44.2 Å². The van der Waals surface area contributed by atoms with Gasteiger partial charge in [-0.25, -0.2) is 0 Å². The molecule has 0 spiro atoms. The molecule has 0 aliphatic heterocycles. The molecule has 0 radical (unpaired) electrons. The first-order valence-electron chi connectivity index (χ1n) is 7.63. The predicted molar refractivity (Wildman–Crippen MR) is 101 cm³/mol. The van der Waals surface area contributed by atoms with Gasteiger partial charge in [0.25, 0.3) is 0 Å². The van der Waals surface area contributed by atoms with Crippen LogP contribution in [0.25, 0.3) is 0 Å². The minimum Gasteiger partial charge on any atom is -0.370 e. The van der Waals surface area contributed by atoms with Crippen molar-refractivity contribution in [3.05, 3.63) is 35.4 Å². The number of nitrogens with zero attached hydrogens (tertiary/aromatic N) is 1. The number of hydrogen-bond acceptors (Lipinski definition) is 1. The van der Waals surface area contributed by atoms with Gasteiger partial charge in [0.05, 0.1) is 6.54 Å². The van der Waals surface area contributed by atoms with Crippen molar-refractivity contribution in [2.24, 2.45) is 16.6 Å². The Morgan fingerprint density at radius 2 is 2.00 bits per heavy atom. The highest BCUT2D eigenvalue weighted by atomic mass is 127. The van der Waals surface area contributed by atoms with Crippen LogP contribution in [0.15, 0.2) is 29.3 Å². The quantitative estimate of drug-likeness (QED) is 0.435. The van der Waals surface area contributed by atoms with Gasteiger partial charge in [0.15, 0.2) is 5.96 Å². The number of rotatable bonds is 6. The SMILES string of the molecule is Cc1ccccc1C1(CN=C(N)NCCC(C)C)CC1.I. The van der Waals surface area contributed by atoms with Crippen LogP contribution in [-0.2, 0) is 5.41 Å². The van der Waals surface area contributed by atoms with Gasteiger partial charge in [-0.15, -0.1) is 24.0 Å². The monoisotopic (exact) mass is 401 g/mol. The molecular weight excluding hydrogens is 373 g/mol. The highest BCUT2D eigenvalue weighted by Gasteiger charge is 2.44. The summed E-state index contributed by atoms with van der Waals surface area (Å²) >= 11 is 0. The Morgan fingerprint density at radius 3 is 2.57 bits per heavy atom. The number of aryl methyl sites for hydroxylation is 1. The second-order valence-electron chi connectivity index (χ2n) is 6.41. The van der Waals surface area contributed by atoms with E-state index in [2.05, 4.69) is 55.3 Å². The highest BCUT2D eigenvalue weighted by molar-refractivity contribution is 14.0. The van der Waals surface area contributed by atoms with Gasteiger partial charge < -0.3 is 11.1 Å². The minimum atomic E-state index is 0. The first-order valence-corrected chi connectivity index (χ1v) is 7.63. The second-order valence-corrected chi connectivity index (χ2v) is 6.41. The first-order chi connectivity index (χ1) is 9.53. The predicted octanol–water partition coefficient (Wildman–Crippen LogP) is 3.60. The minimum absolute atomic E-state index is 0. The van der Waals surface area contributed by atoms with Crippen molar-refractivity contribution < 1.29 is 0 Å². The van der Waals surface area contributed by atoms with E-state index in [1.807, 2.05) is 0 Å². The van der Waals surface area contributed by atoms with Crippen molar-refractivity contribution in [1.82, 2.24) is 5.32 Å². The first kappa shape index (κ1) is 18.3. The summed E-state index contributed by atoms with van der Waals surface area (Å²) in [5.74, 6) is 1.28. The van der Waals surface area contributed by atoms with Crippen LogP contribution in [0, 0.1) is 12.8 Å². The lowest BCUT2D eigenvalue weighted by molar-refractivity contribution is 0.576. The third kappa shape index (κ3) is 5.16. The fourth-order valence-electron chi connectivity index (χ4n) is 2.61. The van der Waals surface area contributed by atoms with E-state index in [0.29, 0.717) is 11.9 Å². The third-order valence-corrected chi connectivity index (χ3v) is 4.15. The standard InChI is InChI=1S/C17H27N3.HI/c1-13(2)8-11-19-16(18)20-12-17(9-10-17)15-7-5-4-6-14(15)3;/h4-7,13H,8-12H2,1-3H3,(H3,18,19,20);1H. The van der Waals surface area contributed by atoms with Crippen molar-refractivity contribution in [2.75, 3.05) is 13.1 Å².